The van der Waals surface area contributed by atoms with E-state index in [4.69, 9.17) is 0 Å². The summed E-state index contributed by atoms with van der Waals surface area (Å²) < 4.78 is 2.30. The predicted octanol–water partition coefficient (Wildman–Crippen LogP) is 1.81. The number of allylic oxidation sites excluding steroid dienone is 1. The van der Waals surface area contributed by atoms with Crippen LogP contribution in [0, 0.1) is 3.57 Å². The summed E-state index contributed by atoms with van der Waals surface area (Å²) in [7, 11) is 0. The van der Waals surface area contributed by atoms with Crippen LogP contribution in [0.25, 0.3) is 0 Å². The molecule has 0 radical (unpaired) electrons. The highest BCUT2D eigenvalue weighted by atomic mass is 127. The molecular weight excluding hydrogens is 279 g/mol. The Hall–Kier alpha value is -0.650. The summed E-state index contributed by atoms with van der Waals surface area (Å²) >= 11 is 2.00. The third-order valence-corrected chi connectivity index (χ3v) is 2.41. The lowest BCUT2D eigenvalue weighted by Crippen LogP contribution is -2.22. The van der Waals surface area contributed by atoms with Crippen LogP contribution in [-0.2, 0) is 6.54 Å². The SMILES string of the molecule is C=CCCCn1cncc(I)c1=O. The predicted molar refractivity (Wildman–Crippen MR) is 60.6 cm³/mol. The van der Waals surface area contributed by atoms with Gasteiger partial charge in [0.25, 0.3) is 5.56 Å². The minimum absolute atomic E-state index is 0.0414. The molecule has 0 amide bonds. The topological polar surface area (TPSA) is 34.9 Å². The van der Waals surface area contributed by atoms with Crippen molar-refractivity contribution in [3.8, 4) is 0 Å². The van der Waals surface area contributed by atoms with Crippen LogP contribution in [0.4, 0.5) is 0 Å². The number of hydrogen-bond donors (Lipinski definition) is 0. The maximum absolute atomic E-state index is 11.5. The van der Waals surface area contributed by atoms with Crippen molar-refractivity contribution in [2.75, 3.05) is 0 Å². The van der Waals surface area contributed by atoms with Gasteiger partial charge in [0.05, 0.1) is 9.90 Å². The molecule has 4 heteroatoms. The number of rotatable bonds is 4. The van der Waals surface area contributed by atoms with Gasteiger partial charge in [0.1, 0.15) is 0 Å². The molecule has 0 aliphatic heterocycles. The Morgan fingerprint density at radius 3 is 3.15 bits per heavy atom. The molecule has 0 atom stereocenters. The summed E-state index contributed by atoms with van der Waals surface area (Å²) in [6, 6.07) is 0. The molecule has 1 aromatic rings. The van der Waals surface area contributed by atoms with Crippen LogP contribution in [0.15, 0.2) is 30.0 Å². The van der Waals surface area contributed by atoms with Gasteiger partial charge in [-0.05, 0) is 35.4 Å². The largest absolute Gasteiger partial charge is 0.298 e. The van der Waals surface area contributed by atoms with E-state index in [1.54, 1.807) is 17.1 Å². The summed E-state index contributed by atoms with van der Waals surface area (Å²) in [5, 5.41) is 0. The molecule has 0 spiro atoms. The highest BCUT2D eigenvalue weighted by Crippen LogP contribution is 1.96. The highest BCUT2D eigenvalue weighted by molar-refractivity contribution is 14.1. The van der Waals surface area contributed by atoms with Crippen LogP contribution >= 0.6 is 22.6 Å². The van der Waals surface area contributed by atoms with E-state index in [9.17, 15) is 4.79 Å². The summed E-state index contributed by atoms with van der Waals surface area (Å²) in [5.41, 5.74) is 0.0414. The summed E-state index contributed by atoms with van der Waals surface area (Å²) in [6.07, 6.45) is 6.87. The zero-order chi connectivity index (χ0) is 9.68. The number of halogens is 1. The van der Waals surface area contributed by atoms with Crippen molar-refractivity contribution < 1.29 is 0 Å². The van der Waals surface area contributed by atoms with Crippen molar-refractivity contribution in [2.24, 2.45) is 0 Å². The standard InChI is InChI=1S/C9H11IN2O/c1-2-3-4-5-12-7-11-6-8(10)9(12)13/h2,6-7H,1,3-5H2. The molecule has 0 unspecified atom stereocenters. The Kier molecular flexibility index (Phi) is 4.14. The van der Waals surface area contributed by atoms with Crippen LogP contribution < -0.4 is 5.56 Å². The van der Waals surface area contributed by atoms with Gasteiger partial charge in [0.15, 0.2) is 0 Å². The third kappa shape index (κ3) is 2.95. The summed E-state index contributed by atoms with van der Waals surface area (Å²) in [6.45, 7) is 4.34. The van der Waals surface area contributed by atoms with Crippen LogP contribution in [0.5, 0.6) is 0 Å². The average molecular weight is 290 g/mol. The Balaban J connectivity index is 2.72. The van der Waals surface area contributed by atoms with Crippen molar-refractivity contribution in [1.82, 2.24) is 9.55 Å². The Labute approximate surface area is 90.6 Å². The fourth-order valence-electron chi connectivity index (χ4n) is 0.989. The van der Waals surface area contributed by atoms with Crippen molar-refractivity contribution in [2.45, 2.75) is 19.4 Å². The van der Waals surface area contributed by atoms with Crippen molar-refractivity contribution >= 4 is 22.6 Å². The molecule has 1 heterocycles. The molecule has 0 aliphatic rings. The summed E-state index contributed by atoms with van der Waals surface area (Å²) in [4.78, 5) is 15.4. The van der Waals surface area contributed by atoms with Gasteiger partial charge in [0.2, 0.25) is 0 Å². The molecule has 0 saturated heterocycles. The van der Waals surface area contributed by atoms with E-state index in [0.29, 0.717) is 10.1 Å². The quantitative estimate of drug-likeness (QED) is 0.481. The van der Waals surface area contributed by atoms with E-state index in [2.05, 4.69) is 11.6 Å². The maximum Gasteiger partial charge on any atom is 0.266 e. The van der Waals surface area contributed by atoms with Crippen LogP contribution in [0.2, 0.25) is 0 Å². The van der Waals surface area contributed by atoms with Gasteiger partial charge in [-0.2, -0.15) is 0 Å². The molecule has 1 rings (SSSR count). The lowest BCUT2D eigenvalue weighted by Gasteiger charge is -2.02. The molecule has 0 aliphatic carbocycles. The zero-order valence-electron chi connectivity index (χ0n) is 7.24. The second-order valence-electron chi connectivity index (χ2n) is 2.67. The van der Waals surface area contributed by atoms with E-state index >= 15 is 0 Å². The second-order valence-corrected chi connectivity index (χ2v) is 3.83. The van der Waals surface area contributed by atoms with E-state index < -0.39 is 0 Å². The lowest BCUT2D eigenvalue weighted by molar-refractivity contribution is 0.615. The molecule has 1 aromatic heterocycles. The fraction of sp³-hybridized carbons (Fsp3) is 0.333. The van der Waals surface area contributed by atoms with Gasteiger partial charge >= 0.3 is 0 Å². The van der Waals surface area contributed by atoms with E-state index in [0.717, 1.165) is 12.8 Å². The second kappa shape index (κ2) is 5.16. The number of nitrogens with zero attached hydrogens (tertiary/aromatic N) is 2. The first-order chi connectivity index (χ1) is 6.25. The smallest absolute Gasteiger partial charge is 0.266 e. The van der Waals surface area contributed by atoms with E-state index in [-0.39, 0.29) is 5.56 Å². The maximum atomic E-state index is 11.5. The van der Waals surface area contributed by atoms with Crippen LogP contribution in [-0.4, -0.2) is 9.55 Å². The highest BCUT2D eigenvalue weighted by Gasteiger charge is 1.98. The van der Waals surface area contributed by atoms with Crippen molar-refractivity contribution in [3.63, 3.8) is 0 Å². The molecule has 0 aromatic carbocycles. The number of hydrogen-bond acceptors (Lipinski definition) is 2. The molecule has 3 nitrogen and oxygen atoms in total. The molecule has 0 bridgehead atoms. The third-order valence-electron chi connectivity index (χ3n) is 1.67. The minimum atomic E-state index is 0.0414. The Morgan fingerprint density at radius 1 is 1.69 bits per heavy atom. The first-order valence-electron chi connectivity index (χ1n) is 4.06. The first-order valence-corrected chi connectivity index (χ1v) is 5.14. The van der Waals surface area contributed by atoms with Gasteiger partial charge in [-0.25, -0.2) is 4.98 Å². The van der Waals surface area contributed by atoms with Crippen molar-refractivity contribution in [3.05, 3.63) is 39.1 Å². The van der Waals surface area contributed by atoms with E-state index in [1.807, 2.05) is 28.7 Å². The molecule has 13 heavy (non-hydrogen) atoms. The average Bonchev–Trinajstić information content (AvgIpc) is 2.13. The van der Waals surface area contributed by atoms with Gasteiger partial charge in [0, 0.05) is 12.7 Å². The number of aryl methyl sites for hydroxylation is 1. The summed E-state index contributed by atoms with van der Waals surface area (Å²) in [5.74, 6) is 0. The normalized spacial score (nSPS) is 9.92. The number of unbranched alkanes of at least 4 members (excludes halogenated alkanes) is 1. The zero-order valence-corrected chi connectivity index (χ0v) is 9.40. The first kappa shape index (κ1) is 10.4. The van der Waals surface area contributed by atoms with Crippen LogP contribution in [0.1, 0.15) is 12.8 Å². The molecule has 70 valence electrons. The fourth-order valence-corrected chi connectivity index (χ4v) is 1.46. The molecular formula is C9H11IN2O. The van der Waals surface area contributed by atoms with Crippen molar-refractivity contribution in [1.29, 1.82) is 0 Å². The molecule has 0 fully saturated rings. The van der Waals surface area contributed by atoms with Gasteiger partial charge in [-0.15, -0.1) is 6.58 Å². The Morgan fingerprint density at radius 2 is 2.46 bits per heavy atom. The lowest BCUT2D eigenvalue weighted by atomic mass is 10.3. The monoisotopic (exact) mass is 290 g/mol. The number of aromatic nitrogens is 2. The van der Waals surface area contributed by atoms with Crippen LogP contribution in [0.3, 0.4) is 0 Å². The van der Waals surface area contributed by atoms with Gasteiger partial charge < -0.3 is 0 Å². The molecule has 0 N–H and O–H groups in total. The van der Waals surface area contributed by atoms with Gasteiger partial charge in [-0.1, -0.05) is 6.08 Å². The molecule has 0 saturated carbocycles. The Bertz CT molecular complexity index is 346. The van der Waals surface area contributed by atoms with Gasteiger partial charge in [-0.3, -0.25) is 9.36 Å². The minimum Gasteiger partial charge on any atom is -0.298 e. The van der Waals surface area contributed by atoms with E-state index in [1.165, 1.54) is 0 Å².